The van der Waals surface area contributed by atoms with Crippen molar-refractivity contribution in [3.05, 3.63) is 71.8 Å². The Hall–Kier alpha value is -2.19. The first-order valence-electron chi connectivity index (χ1n) is 9.08. The van der Waals surface area contributed by atoms with Gasteiger partial charge in [0.1, 0.15) is 6.10 Å². The minimum absolute atomic E-state index is 0.257. The van der Waals surface area contributed by atoms with E-state index in [0.717, 1.165) is 11.1 Å². The molecule has 138 valence electrons. The van der Waals surface area contributed by atoms with Crippen LogP contribution >= 0.6 is 0 Å². The summed E-state index contributed by atoms with van der Waals surface area (Å²) in [5.74, 6) is 0. The summed E-state index contributed by atoms with van der Waals surface area (Å²) in [5.41, 5.74) is 0.372. The van der Waals surface area contributed by atoms with Crippen molar-refractivity contribution < 1.29 is 15.3 Å². The van der Waals surface area contributed by atoms with Crippen LogP contribution in [0.4, 0.5) is 0 Å². The molecule has 3 unspecified atom stereocenters. The SMILES string of the molecule is N#CCCCCC(O)(Cc1ccccc1)C(O)C(O)Cc1ccccc1. The van der Waals surface area contributed by atoms with E-state index < -0.39 is 17.8 Å². The minimum atomic E-state index is -1.44. The van der Waals surface area contributed by atoms with Crippen molar-refractivity contribution in [1.82, 2.24) is 0 Å². The van der Waals surface area contributed by atoms with Gasteiger partial charge in [0.15, 0.2) is 0 Å². The third-order valence-electron chi connectivity index (χ3n) is 4.70. The van der Waals surface area contributed by atoms with Crippen LogP contribution in [0.5, 0.6) is 0 Å². The molecule has 0 aromatic heterocycles. The van der Waals surface area contributed by atoms with Crippen LogP contribution in [0.2, 0.25) is 0 Å². The summed E-state index contributed by atoms with van der Waals surface area (Å²) in [6.07, 6.45) is 0.221. The molecule has 26 heavy (non-hydrogen) atoms. The molecule has 3 atom stereocenters. The second-order valence-electron chi connectivity index (χ2n) is 6.83. The first-order valence-corrected chi connectivity index (χ1v) is 9.08. The van der Waals surface area contributed by atoms with Crippen LogP contribution in [-0.4, -0.2) is 33.1 Å². The van der Waals surface area contributed by atoms with E-state index in [0.29, 0.717) is 25.7 Å². The lowest BCUT2D eigenvalue weighted by molar-refractivity contribution is -0.129. The number of benzene rings is 2. The van der Waals surface area contributed by atoms with Crippen molar-refractivity contribution >= 4 is 0 Å². The first kappa shape index (κ1) is 20.1. The van der Waals surface area contributed by atoms with Gasteiger partial charge in [-0.3, -0.25) is 0 Å². The van der Waals surface area contributed by atoms with E-state index in [1.807, 2.05) is 60.7 Å². The Morgan fingerprint density at radius 1 is 0.885 bits per heavy atom. The summed E-state index contributed by atoms with van der Waals surface area (Å²) in [4.78, 5) is 0. The summed E-state index contributed by atoms with van der Waals surface area (Å²) in [5, 5.41) is 41.2. The lowest BCUT2D eigenvalue weighted by Gasteiger charge is -2.36. The normalized spacial score (nSPS) is 15.6. The molecule has 0 saturated heterocycles. The summed E-state index contributed by atoms with van der Waals surface area (Å²) in [7, 11) is 0. The molecule has 4 heteroatoms. The number of aliphatic hydroxyl groups is 3. The molecule has 0 heterocycles. The second-order valence-corrected chi connectivity index (χ2v) is 6.83. The molecule has 0 spiro atoms. The fourth-order valence-electron chi connectivity index (χ4n) is 3.25. The van der Waals surface area contributed by atoms with Crippen molar-refractivity contribution in [3.8, 4) is 6.07 Å². The van der Waals surface area contributed by atoms with Gasteiger partial charge >= 0.3 is 0 Å². The predicted molar refractivity (Wildman–Crippen MR) is 101 cm³/mol. The van der Waals surface area contributed by atoms with Gasteiger partial charge in [0.05, 0.1) is 17.8 Å². The number of hydrogen-bond acceptors (Lipinski definition) is 4. The zero-order valence-electron chi connectivity index (χ0n) is 15.0. The first-order chi connectivity index (χ1) is 12.5. The number of nitriles is 1. The Morgan fingerprint density at radius 2 is 1.46 bits per heavy atom. The van der Waals surface area contributed by atoms with Crippen LogP contribution in [0, 0.1) is 11.3 Å². The minimum Gasteiger partial charge on any atom is -0.390 e. The Morgan fingerprint density at radius 3 is 2.04 bits per heavy atom. The van der Waals surface area contributed by atoms with E-state index >= 15 is 0 Å². The van der Waals surface area contributed by atoms with Gasteiger partial charge in [-0.05, 0) is 30.4 Å². The van der Waals surface area contributed by atoms with E-state index in [-0.39, 0.29) is 12.8 Å². The van der Waals surface area contributed by atoms with Gasteiger partial charge in [-0.25, -0.2) is 0 Å². The molecule has 0 fully saturated rings. The van der Waals surface area contributed by atoms with Gasteiger partial charge in [0.2, 0.25) is 0 Å². The highest BCUT2D eigenvalue weighted by Gasteiger charge is 2.39. The lowest BCUT2D eigenvalue weighted by Crippen LogP contribution is -2.51. The Kier molecular flexibility index (Phi) is 7.80. The molecule has 0 radical (unpaired) electrons. The van der Waals surface area contributed by atoms with E-state index in [9.17, 15) is 15.3 Å². The monoisotopic (exact) mass is 353 g/mol. The third-order valence-corrected chi connectivity index (χ3v) is 4.70. The molecular weight excluding hydrogens is 326 g/mol. The molecule has 0 aliphatic heterocycles. The van der Waals surface area contributed by atoms with Gasteiger partial charge in [0, 0.05) is 19.3 Å². The fourth-order valence-corrected chi connectivity index (χ4v) is 3.25. The maximum atomic E-state index is 11.2. The van der Waals surface area contributed by atoms with Gasteiger partial charge in [-0.1, -0.05) is 60.7 Å². The van der Waals surface area contributed by atoms with Crippen molar-refractivity contribution in [3.63, 3.8) is 0 Å². The highest BCUT2D eigenvalue weighted by atomic mass is 16.4. The highest BCUT2D eigenvalue weighted by molar-refractivity contribution is 5.19. The van der Waals surface area contributed by atoms with E-state index in [1.54, 1.807) is 0 Å². The van der Waals surface area contributed by atoms with Crippen LogP contribution in [0.1, 0.15) is 36.8 Å². The zero-order chi connectivity index (χ0) is 18.8. The molecule has 0 aliphatic carbocycles. The maximum absolute atomic E-state index is 11.2. The standard InChI is InChI=1S/C22H27NO3/c23-15-9-3-8-14-22(26,17-19-12-6-2-7-13-19)21(25)20(24)16-18-10-4-1-5-11-18/h1-2,4-7,10-13,20-21,24-26H,3,8-9,14,16-17H2. The largest absolute Gasteiger partial charge is 0.390 e. The molecule has 2 aromatic rings. The van der Waals surface area contributed by atoms with Crippen molar-refractivity contribution in [2.24, 2.45) is 0 Å². The molecule has 0 aliphatic rings. The average Bonchev–Trinajstić information content (AvgIpc) is 2.66. The van der Waals surface area contributed by atoms with Gasteiger partial charge in [-0.2, -0.15) is 5.26 Å². The molecule has 2 aromatic carbocycles. The van der Waals surface area contributed by atoms with Crippen LogP contribution in [0.25, 0.3) is 0 Å². The van der Waals surface area contributed by atoms with Crippen LogP contribution in [0.15, 0.2) is 60.7 Å². The summed E-state index contributed by atoms with van der Waals surface area (Å²) in [6.45, 7) is 0. The topological polar surface area (TPSA) is 84.5 Å². The van der Waals surface area contributed by atoms with Crippen LogP contribution < -0.4 is 0 Å². The summed E-state index contributed by atoms with van der Waals surface area (Å²) < 4.78 is 0. The number of nitrogens with zero attached hydrogens (tertiary/aromatic N) is 1. The molecule has 4 nitrogen and oxygen atoms in total. The second kappa shape index (κ2) is 10.1. The Bertz CT molecular complexity index is 684. The molecule has 0 bridgehead atoms. The van der Waals surface area contributed by atoms with Crippen LogP contribution in [0.3, 0.4) is 0 Å². The van der Waals surface area contributed by atoms with Gasteiger partial charge in [-0.15, -0.1) is 0 Å². The zero-order valence-corrected chi connectivity index (χ0v) is 15.0. The number of aliphatic hydroxyl groups excluding tert-OH is 2. The maximum Gasteiger partial charge on any atom is 0.109 e. The van der Waals surface area contributed by atoms with Crippen molar-refractivity contribution in [2.75, 3.05) is 0 Å². The van der Waals surface area contributed by atoms with Crippen LogP contribution in [-0.2, 0) is 12.8 Å². The number of hydrogen-bond donors (Lipinski definition) is 3. The fraction of sp³-hybridized carbons (Fsp3) is 0.409. The van der Waals surface area contributed by atoms with E-state index in [4.69, 9.17) is 5.26 Å². The van der Waals surface area contributed by atoms with Gasteiger partial charge in [0.25, 0.3) is 0 Å². The van der Waals surface area contributed by atoms with E-state index in [1.165, 1.54) is 0 Å². The number of unbranched alkanes of at least 4 members (excludes halogenated alkanes) is 2. The number of rotatable bonds is 10. The summed E-state index contributed by atoms with van der Waals surface area (Å²) in [6, 6.07) is 21.0. The summed E-state index contributed by atoms with van der Waals surface area (Å²) >= 11 is 0. The Balaban J connectivity index is 2.10. The smallest absolute Gasteiger partial charge is 0.109 e. The quantitative estimate of drug-likeness (QED) is 0.573. The van der Waals surface area contributed by atoms with Crippen molar-refractivity contribution in [2.45, 2.75) is 56.3 Å². The van der Waals surface area contributed by atoms with Gasteiger partial charge < -0.3 is 15.3 Å². The van der Waals surface area contributed by atoms with E-state index in [2.05, 4.69) is 6.07 Å². The Labute approximate surface area is 155 Å². The lowest BCUT2D eigenvalue weighted by atomic mass is 9.81. The average molecular weight is 353 g/mol. The molecule has 0 saturated carbocycles. The van der Waals surface area contributed by atoms with Crippen molar-refractivity contribution in [1.29, 1.82) is 5.26 Å². The predicted octanol–water partition coefficient (Wildman–Crippen LogP) is 3.01. The highest BCUT2D eigenvalue weighted by Crippen LogP contribution is 2.27. The molecule has 2 rings (SSSR count). The third kappa shape index (κ3) is 5.96. The molecule has 0 amide bonds. The molecular formula is C22H27NO3. The molecule has 3 N–H and O–H groups in total.